The number of aryl methyl sites for hydroxylation is 3. The zero-order valence-corrected chi connectivity index (χ0v) is 19.6. The summed E-state index contributed by atoms with van der Waals surface area (Å²) in [5.41, 5.74) is 4.91. The van der Waals surface area contributed by atoms with E-state index in [1.165, 1.54) is 23.1 Å². The van der Waals surface area contributed by atoms with Gasteiger partial charge < -0.3 is 5.32 Å². The fourth-order valence-corrected chi connectivity index (χ4v) is 5.84. The summed E-state index contributed by atoms with van der Waals surface area (Å²) in [5, 5.41) is 3.73. The predicted octanol–water partition coefficient (Wildman–Crippen LogP) is 5.20. The van der Waals surface area contributed by atoms with Gasteiger partial charge in [-0.15, -0.1) is 0 Å². The van der Waals surface area contributed by atoms with Gasteiger partial charge in [0.25, 0.3) is 0 Å². The first-order valence-corrected chi connectivity index (χ1v) is 11.8. The van der Waals surface area contributed by atoms with Crippen LogP contribution in [-0.2, 0) is 9.59 Å². The minimum Gasteiger partial charge on any atom is -0.326 e. The lowest BCUT2D eigenvalue weighted by atomic mass is 10.0. The number of hydrogen-bond donors (Lipinski definition) is 1. The number of fused-ring (bicyclic) bond motifs is 1. The minimum absolute atomic E-state index is 0.0835. The second kappa shape index (κ2) is 8.80. The van der Waals surface area contributed by atoms with Crippen LogP contribution < -0.4 is 5.32 Å². The van der Waals surface area contributed by atoms with Crippen molar-refractivity contribution in [2.75, 3.05) is 11.9 Å². The van der Waals surface area contributed by atoms with Gasteiger partial charge in [-0.25, -0.2) is 4.98 Å². The Balaban J connectivity index is 1.51. The molecule has 3 aromatic rings. The molecule has 31 heavy (non-hydrogen) atoms. The van der Waals surface area contributed by atoms with Crippen LogP contribution in [0.1, 0.15) is 30.0 Å². The second-order valence-electron chi connectivity index (χ2n) is 7.57. The van der Waals surface area contributed by atoms with E-state index in [4.69, 9.17) is 0 Å². The summed E-state index contributed by atoms with van der Waals surface area (Å²) in [4.78, 5) is 36.5. The number of aromatic nitrogens is 1. The van der Waals surface area contributed by atoms with Crippen molar-refractivity contribution in [2.24, 2.45) is 4.99 Å². The summed E-state index contributed by atoms with van der Waals surface area (Å²) in [6.45, 7) is 8.40. The third kappa shape index (κ3) is 4.50. The van der Waals surface area contributed by atoms with Crippen LogP contribution in [0.3, 0.4) is 0 Å². The van der Waals surface area contributed by atoms with E-state index in [0.717, 1.165) is 32.6 Å². The van der Waals surface area contributed by atoms with Crippen molar-refractivity contribution in [3.8, 4) is 0 Å². The number of para-hydroxylation sites is 1. The van der Waals surface area contributed by atoms with Crippen molar-refractivity contribution in [1.29, 1.82) is 0 Å². The quantitative estimate of drug-likeness (QED) is 0.577. The van der Waals surface area contributed by atoms with Crippen LogP contribution in [0.4, 0.5) is 10.8 Å². The number of benzene rings is 2. The Morgan fingerprint density at radius 1 is 1.19 bits per heavy atom. The van der Waals surface area contributed by atoms with Gasteiger partial charge in [0.2, 0.25) is 16.9 Å². The van der Waals surface area contributed by atoms with Crippen LogP contribution in [0.15, 0.2) is 41.4 Å². The smallest absolute Gasteiger partial charge is 0.242 e. The molecule has 1 aliphatic rings. The molecule has 0 bridgehead atoms. The summed E-state index contributed by atoms with van der Waals surface area (Å²) in [5.74, 6) is -0.252. The Hall–Kier alpha value is -2.71. The van der Waals surface area contributed by atoms with Crippen LogP contribution in [-0.4, -0.2) is 38.7 Å². The fourth-order valence-electron chi connectivity index (χ4n) is 3.74. The lowest BCUT2D eigenvalue weighted by molar-refractivity contribution is -0.128. The van der Waals surface area contributed by atoms with Crippen LogP contribution in [0.5, 0.6) is 0 Å². The number of thioether (sulfide) groups is 1. The van der Waals surface area contributed by atoms with Gasteiger partial charge in [-0.2, -0.15) is 4.99 Å². The van der Waals surface area contributed by atoms with E-state index in [1.807, 2.05) is 64.1 Å². The Morgan fingerprint density at radius 3 is 2.58 bits per heavy atom. The second-order valence-corrected chi connectivity index (χ2v) is 9.75. The van der Waals surface area contributed by atoms with E-state index in [-0.39, 0.29) is 18.2 Å². The van der Waals surface area contributed by atoms with Crippen molar-refractivity contribution in [3.63, 3.8) is 0 Å². The molecule has 6 nitrogen and oxygen atoms in total. The van der Waals surface area contributed by atoms with E-state index < -0.39 is 5.25 Å². The lowest BCUT2D eigenvalue weighted by Crippen LogP contribution is -2.33. The molecule has 1 atom stereocenters. The van der Waals surface area contributed by atoms with E-state index in [2.05, 4.69) is 15.3 Å². The fraction of sp³-hybridized carbons (Fsp3) is 0.304. The molecule has 0 radical (unpaired) electrons. The number of carbonyl (C=O) groups is 2. The number of rotatable bonds is 5. The number of thiazole rings is 1. The number of amides is 2. The van der Waals surface area contributed by atoms with Gasteiger partial charge in [0.1, 0.15) is 5.25 Å². The molecule has 1 aliphatic heterocycles. The highest BCUT2D eigenvalue weighted by molar-refractivity contribution is 8.15. The lowest BCUT2D eigenvalue weighted by Gasteiger charge is -2.14. The van der Waals surface area contributed by atoms with Crippen LogP contribution in [0.25, 0.3) is 10.2 Å². The van der Waals surface area contributed by atoms with E-state index >= 15 is 0 Å². The Morgan fingerprint density at radius 2 is 1.90 bits per heavy atom. The Bertz CT molecular complexity index is 1150. The number of hydrogen-bond acceptors (Lipinski definition) is 6. The first-order valence-electron chi connectivity index (χ1n) is 10.2. The largest absolute Gasteiger partial charge is 0.326 e. The van der Waals surface area contributed by atoms with Crippen LogP contribution in [0, 0.1) is 20.8 Å². The number of aliphatic imine (C=N–C) groups is 1. The van der Waals surface area contributed by atoms with Crippen molar-refractivity contribution in [1.82, 2.24) is 9.88 Å². The monoisotopic (exact) mass is 452 g/mol. The van der Waals surface area contributed by atoms with Crippen molar-refractivity contribution in [3.05, 3.63) is 53.1 Å². The summed E-state index contributed by atoms with van der Waals surface area (Å²) in [7, 11) is 0. The molecule has 1 fully saturated rings. The molecule has 160 valence electrons. The SMILES string of the molecule is CCN1C(=O)C(CC(=O)Nc2c(C)cc(C)cc2C)SC1=Nc1nc2ccccc2s1. The summed E-state index contributed by atoms with van der Waals surface area (Å²) in [6, 6.07) is 11.9. The van der Waals surface area contributed by atoms with Crippen LogP contribution >= 0.6 is 23.1 Å². The first-order chi connectivity index (χ1) is 14.9. The number of nitrogens with one attached hydrogen (secondary N) is 1. The summed E-state index contributed by atoms with van der Waals surface area (Å²) < 4.78 is 1.05. The topological polar surface area (TPSA) is 74.7 Å². The number of amidine groups is 1. The maximum Gasteiger partial charge on any atom is 0.242 e. The third-order valence-electron chi connectivity index (χ3n) is 5.12. The summed E-state index contributed by atoms with van der Waals surface area (Å²) >= 11 is 2.83. The number of carbonyl (C=O) groups excluding carboxylic acids is 2. The molecule has 2 heterocycles. The van der Waals surface area contributed by atoms with Gasteiger partial charge in [-0.1, -0.05) is 52.9 Å². The molecule has 1 unspecified atom stereocenters. The molecule has 4 rings (SSSR count). The highest BCUT2D eigenvalue weighted by Crippen LogP contribution is 2.34. The van der Waals surface area contributed by atoms with Gasteiger partial charge in [-0.3, -0.25) is 14.5 Å². The standard InChI is InChI=1S/C23H24N4O2S2/c1-5-27-21(29)18(12-19(28)25-20-14(3)10-13(2)11-15(20)4)31-23(27)26-22-24-16-8-6-7-9-17(16)30-22/h6-11,18H,5,12H2,1-4H3,(H,25,28). The predicted molar refractivity (Wildman–Crippen MR) is 129 cm³/mol. The van der Waals surface area contributed by atoms with Crippen molar-refractivity contribution in [2.45, 2.75) is 39.4 Å². The summed E-state index contributed by atoms with van der Waals surface area (Å²) in [6.07, 6.45) is 0.103. The molecular weight excluding hydrogens is 428 g/mol. The van der Waals surface area contributed by atoms with Crippen molar-refractivity contribution < 1.29 is 9.59 Å². The molecule has 2 amide bonds. The molecule has 1 N–H and O–H groups in total. The van der Waals surface area contributed by atoms with Gasteiger partial charge >= 0.3 is 0 Å². The molecular formula is C23H24N4O2S2. The molecule has 1 aromatic heterocycles. The van der Waals surface area contributed by atoms with Crippen LogP contribution in [0.2, 0.25) is 0 Å². The Labute approximate surface area is 189 Å². The maximum absolute atomic E-state index is 12.9. The highest BCUT2D eigenvalue weighted by atomic mass is 32.2. The molecule has 0 saturated carbocycles. The van der Waals surface area contributed by atoms with E-state index in [9.17, 15) is 9.59 Å². The molecule has 0 spiro atoms. The number of anilines is 1. The highest BCUT2D eigenvalue weighted by Gasteiger charge is 2.38. The average molecular weight is 453 g/mol. The molecule has 1 saturated heterocycles. The zero-order chi connectivity index (χ0) is 22.1. The number of nitrogens with zero attached hydrogens (tertiary/aromatic N) is 3. The molecule has 2 aromatic carbocycles. The van der Waals surface area contributed by atoms with Gasteiger partial charge in [0.05, 0.1) is 10.2 Å². The van der Waals surface area contributed by atoms with Gasteiger partial charge in [0, 0.05) is 18.7 Å². The first kappa shape index (κ1) is 21.5. The Kier molecular flexibility index (Phi) is 6.11. The van der Waals surface area contributed by atoms with E-state index in [0.29, 0.717) is 16.8 Å². The minimum atomic E-state index is -0.487. The normalized spacial score (nSPS) is 17.7. The van der Waals surface area contributed by atoms with E-state index in [1.54, 1.807) is 4.90 Å². The molecule has 0 aliphatic carbocycles. The zero-order valence-electron chi connectivity index (χ0n) is 17.9. The third-order valence-corrected chi connectivity index (χ3v) is 7.23. The van der Waals surface area contributed by atoms with Gasteiger partial charge in [-0.05, 0) is 51.0 Å². The van der Waals surface area contributed by atoms with Crippen molar-refractivity contribution >= 4 is 61.1 Å². The van der Waals surface area contributed by atoms with Gasteiger partial charge in [0.15, 0.2) is 5.17 Å². The maximum atomic E-state index is 12.9. The molecule has 8 heteroatoms. The average Bonchev–Trinajstić information content (AvgIpc) is 3.25.